The normalized spacial score (nSPS) is 15.0. The Bertz CT molecular complexity index is 898. The van der Waals surface area contributed by atoms with E-state index >= 15 is 0 Å². The molecule has 0 unspecified atom stereocenters. The number of nitro groups is 1. The molecule has 1 heterocycles. The van der Waals surface area contributed by atoms with Gasteiger partial charge in [0.25, 0.3) is 11.6 Å². The van der Waals surface area contributed by atoms with Crippen LogP contribution in [0.2, 0.25) is 10.0 Å². The zero-order valence-electron chi connectivity index (χ0n) is 11.9. The van der Waals surface area contributed by atoms with E-state index in [1.807, 2.05) is 0 Å². The molecule has 9 heteroatoms. The molecular formula is C15H9Cl2N3O4. The number of rotatable bonds is 3. The second-order valence-corrected chi connectivity index (χ2v) is 5.88. The maximum absolute atomic E-state index is 12.5. The van der Waals surface area contributed by atoms with E-state index in [-0.39, 0.29) is 23.5 Å². The molecule has 0 atom stereocenters. The summed E-state index contributed by atoms with van der Waals surface area (Å²) in [5, 5.41) is 23.8. The molecule has 24 heavy (non-hydrogen) atoms. The van der Waals surface area contributed by atoms with Crippen molar-refractivity contribution in [2.45, 2.75) is 6.54 Å². The van der Waals surface area contributed by atoms with Gasteiger partial charge >= 0.3 is 0 Å². The highest BCUT2D eigenvalue weighted by atomic mass is 35.5. The van der Waals surface area contributed by atoms with E-state index in [9.17, 15) is 14.9 Å². The largest absolute Gasteiger partial charge is 0.410 e. The van der Waals surface area contributed by atoms with Crippen LogP contribution in [0.25, 0.3) is 0 Å². The number of non-ortho nitro benzene ring substituents is 1. The van der Waals surface area contributed by atoms with Crippen molar-refractivity contribution in [3.05, 3.63) is 67.7 Å². The van der Waals surface area contributed by atoms with Gasteiger partial charge in [0, 0.05) is 27.7 Å². The minimum atomic E-state index is -0.585. The lowest BCUT2D eigenvalue weighted by molar-refractivity contribution is -0.384. The molecule has 0 saturated heterocycles. The predicted molar refractivity (Wildman–Crippen MR) is 89.1 cm³/mol. The summed E-state index contributed by atoms with van der Waals surface area (Å²) in [5.74, 6) is -0.570. The van der Waals surface area contributed by atoms with E-state index < -0.39 is 10.8 Å². The first-order valence-corrected chi connectivity index (χ1v) is 7.44. The molecule has 1 aliphatic heterocycles. The fraction of sp³-hybridized carbons (Fsp3) is 0.0667. The number of carbonyl (C=O) groups is 1. The van der Waals surface area contributed by atoms with Gasteiger partial charge in [0.05, 0.1) is 17.2 Å². The van der Waals surface area contributed by atoms with Crippen molar-refractivity contribution in [2.24, 2.45) is 5.16 Å². The Labute approximate surface area is 145 Å². The van der Waals surface area contributed by atoms with Gasteiger partial charge in [-0.25, -0.2) is 0 Å². The topological polar surface area (TPSA) is 96.0 Å². The van der Waals surface area contributed by atoms with Crippen molar-refractivity contribution in [2.75, 3.05) is 4.90 Å². The molecule has 0 bridgehead atoms. The summed E-state index contributed by atoms with van der Waals surface area (Å²) in [6.07, 6.45) is 0. The van der Waals surface area contributed by atoms with E-state index in [1.54, 1.807) is 18.2 Å². The Hall–Kier alpha value is -2.64. The molecule has 0 fully saturated rings. The molecule has 0 spiro atoms. The lowest BCUT2D eigenvalue weighted by Crippen LogP contribution is -2.29. The minimum Gasteiger partial charge on any atom is -0.410 e. The molecule has 1 amide bonds. The Kier molecular flexibility index (Phi) is 4.13. The predicted octanol–water partition coefficient (Wildman–Crippen LogP) is 3.63. The van der Waals surface area contributed by atoms with Crippen molar-refractivity contribution >= 4 is 46.2 Å². The zero-order valence-corrected chi connectivity index (χ0v) is 13.5. The highest BCUT2D eigenvalue weighted by molar-refractivity contribution is 6.54. The average molecular weight is 366 g/mol. The van der Waals surface area contributed by atoms with E-state index in [0.29, 0.717) is 21.3 Å². The SMILES string of the molecule is O=C1/C(=N\O)c2cc([N+](=O)[O-])ccc2N1Cc1ccc(Cl)cc1Cl. The minimum absolute atomic E-state index is 0.110. The molecule has 7 nitrogen and oxygen atoms in total. The maximum Gasteiger partial charge on any atom is 0.281 e. The number of anilines is 1. The van der Waals surface area contributed by atoms with Gasteiger partial charge in [-0.1, -0.05) is 34.4 Å². The summed E-state index contributed by atoms with van der Waals surface area (Å²) >= 11 is 12.0. The summed E-state index contributed by atoms with van der Waals surface area (Å²) in [7, 11) is 0. The van der Waals surface area contributed by atoms with Gasteiger partial charge < -0.3 is 10.1 Å². The van der Waals surface area contributed by atoms with Crippen molar-refractivity contribution in [1.29, 1.82) is 0 Å². The number of amides is 1. The zero-order chi connectivity index (χ0) is 17.4. The van der Waals surface area contributed by atoms with Gasteiger partial charge in [0.2, 0.25) is 0 Å². The molecule has 1 N–H and O–H groups in total. The third-order valence-corrected chi connectivity index (χ3v) is 4.22. The first-order chi connectivity index (χ1) is 11.4. The molecule has 0 aromatic heterocycles. The number of nitro benzene ring substituents is 1. The number of carbonyl (C=O) groups excluding carboxylic acids is 1. The van der Waals surface area contributed by atoms with Crippen molar-refractivity contribution in [3.8, 4) is 0 Å². The highest BCUT2D eigenvalue weighted by Gasteiger charge is 2.36. The fourth-order valence-corrected chi connectivity index (χ4v) is 2.96. The molecular weight excluding hydrogens is 357 g/mol. The van der Waals surface area contributed by atoms with E-state index in [4.69, 9.17) is 28.4 Å². The number of hydrogen-bond acceptors (Lipinski definition) is 5. The van der Waals surface area contributed by atoms with Gasteiger partial charge in [-0.15, -0.1) is 0 Å². The van der Waals surface area contributed by atoms with Crippen LogP contribution in [0.1, 0.15) is 11.1 Å². The van der Waals surface area contributed by atoms with Crippen LogP contribution in [0, 0.1) is 10.1 Å². The number of hydrogen-bond donors (Lipinski definition) is 1. The van der Waals surface area contributed by atoms with E-state index in [0.717, 1.165) is 0 Å². The molecule has 0 saturated carbocycles. The Morgan fingerprint density at radius 3 is 2.58 bits per heavy atom. The van der Waals surface area contributed by atoms with E-state index in [2.05, 4.69) is 5.16 Å². The molecule has 3 rings (SSSR count). The first-order valence-electron chi connectivity index (χ1n) is 6.69. The Morgan fingerprint density at radius 1 is 1.21 bits per heavy atom. The summed E-state index contributed by atoms with van der Waals surface area (Å²) in [6, 6.07) is 8.79. The Balaban J connectivity index is 2.05. The van der Waals surface area contributed by atoms with Gasteiger partial charge in [-0.2, -0.15) is 0 Å². The number of nitrogens with zero attached hydrogens (tertiary/aromatic N) is 3. The van der Waals surface area contributed by atoms with Gasteiger partial charge in [-0.3, -0.25) is 14.9 Å². The van der Waals surface area contributed by atoms with Gasteiger partial charge in [0.1, 0.15) is 0 Å². The van der Waals surface area contributed by atoms with Crippen LogP contribution in [0.5, 0.6) is 0 Å². The van der Waals surface area contributed by atoms with Crippen LogP contribution in [-0.2, 0) is 11.3 Å². The summed E-state index contributed by atoms with van der Waals surface area (Å²) in [6.45, 7) is 0.110. The molecule has 0 aliphatic carbocycles. The van der Waals surface area contributed by atoms with Crippen molar-refractivity contribution < 1.29 is 14.9 Å². The van der Waals surface area contributed by atoms with Crippen LogP contribution in [-0.4, -0.2) is 21.7 Å². The Morgan fingerprint density at radius 2 is 1.96 bits per heavy atom. The number of fused-ring (bicyclic) bond motifs is 1. The van der Waals surface area contributed by atoms with Crippen LogP contribution >= 0.6 is 23.2 Å². The van der Waals surface area contributed by atoms with Crippen LogP contribution in [0.3, 0.4) is 0 Å². The molecule has 2 aromatic rings. The molecule has 2 aromatic carbocycles. The molecule has 0 radical (unpaired) electrons. The smallest absolute Gasteiger partial charge is 0.281 e. The highest BCUT2D eigenvalue weighted by Crippen LogP contribution is 2.34. The van der Waals surface area contributed by atoms with Crippen LogP contribution in [0.4, 0.5) is 11.4 Å². The second kappa shape index (κ2) is 6.10. The monoisotopic (exact) mass is 365 g/mol. The third-order valence-electron chi connectivity index (χ3n) is 3.63. The number of benzene rings is 2. The first kappa shape index (κ1) is 16.2. The summed E-state index contributed by atoms with van der Waals surface area (Å²) < 4.78 is 0. The lowest BCUT2D eigenvalue weighted by atomic mass is 10.1. The molecule has 1 aliphatic rings. The van der Waals surface area contributed by atoms with Crippen molar-refractivity contribution in [1.82, 2.24) is 0 Å². The summed E-state index contributed by atoms with van der Waals surface area (Å²) in [4.78, 5) is 24.1. The maximum atomic E-state index is 12.5. The van der Waals surface area contributed by atoms with Crippen LogP contribution < -0.4 is 4.90 Å². The average Bonchev–Trinajstić information content (AvgIpc) is 2.80. The number of oxime groups is 1. The second-order valence-electron chi connectivity index (χ2n) is 5.03. The van der Waals surface area contributed by atoms with Gasteiger partial charge in [-0.05, 0) is 23.8 Å². The fourth-order valence-electron chi connectivity index (χ4n) is 2.49. The van der Waals surface area contributed by atoms with E-state index in [1.165, 1.54) is 23.1 Å². The third kappa shape index (κ3) is 2.68. The summed E-state index contributed by atoms with van der Waals surface area (Å²) in [5.41, 5.74) is 0.789. The van der Waals surface area contributed by atoms with Crippen LogP contribution in [0.15, 0.2) is 41.6 Å². The standard InChI is InChI=1S/C15H9Cl2N3O4/c16-9-2-1-8(12(17)5-9)7-19-13-4-3-10(20(23)24)6-11(13)14(18-22)15(19)21/h1-6,22H,7H2/b18-14-. The lowest BCUT2D eigenvalue weighted by Gasteiger charge is -2.17. The van der Waals surface area contributed by atoms with Gasteiger partial charge in [0.15, 0.2) is 5.71 Å². The quantitative estimate of drug-likeness (QED) is 0.510. The number of halogens is 2. The molecule has 122 valence electrons. The van der Waals surface area contributed by atoms with Crippen molar-refractivity contribution in [3.63, 3.8) is 0 Å².